The van der Waals surface area contributed by atoms with Crippen molar-refractivity contribution in [3.05, 3.63) is 47.4 Å². The van der Waals surface area contributed by atoms with Gasteiger partial charge in [0.25, 0.3) is 5.91 Å². The normalized spacial score (nSPS) is 10.3. The van der Waals surface area contributed by atoms with E-state index in [0.717, 1.165) is 12.1 Å². The largest absolute Gasteiger partial charge is 0.361 e. The van der Waals surface area contributed by atoms with Crippen LogP contribution in [0.1, 0.15) is 16.1 Å². The molecular formula is C11H8F2N2O2. The molecule has 0 aliphatic rings. The average molecular weight is 238 g/mol. The van der Waals surface area contributed by atoms with Crippen molar-refractivity contribution in [2.75, 3.05) is 5.32 Å². The standard InChI is InChI=1S/C11H8F2N2O2/c1-6-8(5-14-17-6)11(16)15-7-2-3-9(12)10(13)4-7/h2-5H,1H3,(H,15,16). The highest BCUT2D eigenvalue weighted by Gasteiger charge is 2.13. The third-order valence-electron chi connectivity index (χ3n) is 2.17. The first-order valence-electron chi connectivity index (χ1n) is 4.75. The summed E-state index contributed by atoms with van der Waals surface area (Å²) >= 11 is 0. The number of rotatable bonds is 2. The maximum atomic E-state index is 12.9. The van der Waals surface area contributed by atoms with Gasteiger partial charge in [0.1, 0.15) is 11.3 Å². The summed E-state index contributed by atoms with van der Waals surface area (Å²) in [5.41, 5.74) is 0.407. The molecule has 0 bridgehead atoms. The third-order valence-corrected chi connectivity index (χ3v) is 2.17. The quantitative estimate of drug-likeness (QED) is 0.874. The Bertz CT molecular complexity index is 566. The zero-order valence-corrected chi connectivity index (χ0v) is 8.83. The van der Waals surface area contributed by atoms with E-state index < -0.39 is 17.5 Å². The van der Waals surface area contributed by atoms with Gasteiger partial charge in [0.05, 0.1) is 6.20 Å². The van der Waals surface area contributed by atoms with Crippen molar-refractivity contribution >= 4 is 11.6 Å². The first kappa shape index (κ1) is 11.3. The maximum Gasteiger partial charge on any atom is 0.260 e. The number of halogens is 2. The van der Waals surface area contributed by atoms with Crippen molar-refractivity contribution in [2.45, 2.75) is 6.92 Å². The molecule has 1 amide bonds. The number of anilines is 1. The highest BCUT2D eigenvalue weighted by molar-refractivity contribution is 6.04. The highest BCUT2D eigenvalue weighted by Crippen LogP contribution is 2.15. The monoisotopic (exact) mass is 238 g/mol. The van der Waals surface area contributed by atoms with Crippen molar-refractivity contribution in [3.8, 4) is 0 Å². The van der Waals surface area contributed by atoms with Crippen LogP contribution in [-0.2, 0) is 0 Å². The number of nitrogens with one attached hydrogen (secondary N) is 1. The summed E-state index contributed by atoms with van der Waals surface area (Å²) in [6, 6.07) is 3.10. The molecule has 0 aliphatic heterocycles. The number of hydrogen-bond donors (Lipinski definition) is 1. The number of amides is 1. The summed E-state index contributed by atoms with van der Waals surface area (Å²) in [7, 11) is 0. The minimum absolute atomic E-state index is 0.162. The summed E-state index contributed by atoms with van der Waals surface area (Å²) < 4.78 is 30.3. The Balaban J connectivity index is 2.19. The molecule has 0 aliphatic carbocycles. The fourth-order valence-electron chi connectivity index (χ4n) is 1.29. The first-order chi connectivity index (χ1) is 8.08. The number of nitrogens with zero attached hydrogens (tertiary/aromatic N) is 1. The van der Waals surface area contributed by atoms with E-state index >= 15 is 0 Å². The van der Waals surface area contributed by atoms with Crippen LogP contribution in [-0.4, -0.2) is 11.1 Å². The molecular weight excluding hydrogens is 230 g/mol. The van der Waals surface area contributed by atoms with E-state index in [9.17, 15) is 13.6 Å². The van der Waals surface area contributed by atoms with Gasteiger partial charge in [-0.2, -0.15) is 0 Å². The fraction of sp³-hybridized carbons (Fsp3) is 0.0909. The lowest BCUT2D eigenvalue weighted by atomic mass is 10.2. The molecule has 1 heterocycles. The molecule has 0 radical (unpaired) electrons. The van der Waals surface area contributed by atoms with Gasteiger partial charge in [-0.1, -0.05) is 5.16 Å². The second kappa shape index (κ2) is 4.32. The molecule has 0 saturated heterocycles. The number of carbonyl (C=O) groups excluding carboxylic acids is 1. The van der Waals surface area contributed by atoms with Crippen molar-refractivity contribution in [1.82, 2.24) is 5.16 Å². The van der Waals surface area contributed by atoms with E-state index in [-0.39, 0.29) is 11.3 Å². The molecule has 0 unspecified atom stereocenters. The fourth-order valence-corrected chi connectivity index (χ4v) is 1.29. The summed E-state index contributed by atoms with van der Waals surface area (Å²) in [5, 5.41) is 5.85. The molecule has 0 fully saturated rings. The van der Waals surface area contributed by atoms with E-state index in [2.05, 4.69) is 10.5 Å². The molecule has 2 aromatic rings. The SMILES string of the molecule is Cc1oncc1C(=O)Nc1ccc(F)c(F)c1. The van der Waals surface area contributed by atoms with Gasteiger partial charge in [-0.3, -0.25) is 4.79 Å². The number of aromatic nitrogens is 1. The van der Waals surface area contributed by atoms with Crippen molar-refractivity contribution in [2.24, 2.45) is 0 Å². The van der Waals surface area contributed by atoms with Crippen molar-refractivity contribution < 1.29 is 18.1 Å². The third kappa shape index (κ3) is 2.30. The van der Waals surface area contributed by atoms with Crippen LogP contribution in [0.3, 0.4) is 0 Å². The Labute approximate surface area is 95.2 Å². The topological polar surface area (TPSA) is 55.1 Å². The van der Waals surface area contributed by atoms with Crippen molar-refractivity contribution in [3.63, 3.8) is 0 Å². The molecule has 1 N–H and O–H groups in total. The summed E-state index contributed by atoms with van der Waals surface area (Å²) in [6.45, 7) is 1.58. The lowest BCUT2D eigenvalue weighted by Gasteiger charge is -2.03. The highest BCUT2D eigenvalue weighted by atomic mass is 19.2. The molecule has 0 atom stereocenters. The van der Waals surface area contributed by atoms with Gasteiger partial charge in [0, 0.05) is 11.8 Å². The van der Waals surface area contributed by atoms with Crippen LogP contribution in [0.5, 0.6) is 0 Å². The van der Waals surface area contributed by atoms with Gasteiger partial charge in [-0.15, -0.1) is 0 Å². The van der Waals surface area contributed by atoms with Crippen LogP contribution < -0.4 is 5.32 Å². The number of aryl methyl sites for hydroxylation is 1. The van der Waals surface area contributed by atoms with Crippen LogP contribution in [0, 0.1) is 18.6 Å². The number of carbonyl (C=O) groups is 1. The predicted molar refractivity (Wildman–Crippen MR) is 55.6 cm³/mol. The summed E-state index contributed by atoms with van der Waals surface area (Å²) in [5.74, 6) is -2.13. The zero-order valence-electron chi connectivity index (χ0n) is 8.83. The maximum absolute atomic E-state index is 12.9. The summed E-state index contributed by atoms with van der Waals surface area (Å²) in [4.78, 5) is 11.7. The molecule has 0 saturated carbocycles. The molecule has 6 heteroatoms. The molecule has 88 valence electrons. The van der Waals surface area contributed by atoms with Crippen LogP contribution in [0.15, 0.2) is 28.9 Å². The predicted octanol–water partition coefficient (Wildman–Crippen LogP) is 2.51. The number of hydrogen-bond acceptors (Lipinski definition) is 3. The zero-order chi connectivity index (χ0) is 12.4. The van der Waals surface area contributed by atoms with E-state index in [1.165, 1.54) is 12.3 Å². The molecule has 1 aromatic carbocycles. The number of benzene rings is 1. The van der Waals surface area contributed by atoms with E-state index in [1.807, 2.05) is 0 Å². The van der Waals surface area contributed by atoms with Gasteiger partial charge in [0.2, 0.25) is 0 Å². The Kier molecular flexibility index (Phi) is 2.86. The minimum Gasteiger partial charge on any atom is -0.361 e. The molecule has 4 nitrogen and oxygen atoms in total. The van der Waals surface area contributed by atoms with Crippen LogP contribution in [0.4, 0.5) is 14.5 Å². The summed E-state index contributed by atoms with van der Waals surface area (Å²) in [6.07, 6.45) is 1.25. The molecule has 17 heavy (non-hydrogen) atoms. The van der Waals surface area contributed by atoms with Crippen molar-refractivity contribution in [1.29, 1.82) is 0 Å². The van der Waals surface area contributed by atoms with Gasteiger partial charge >= 0.3 is 0 Å². The molecule has 2 rings (SSSR count). The lowest BCUT2D eigenvalue weighted by molar-refractivity contribution is 0.102. The minimum atomic E-state index is -1.02. The Morgan fingerprint density at radius 2 is 2.12 bits per heavy atom. The van der Waals surface area contributed by atoms with Gasteiger partial charge in [0.15, 0.2) is 11.6 Å². The van der Waals surface area contributed by atoms with E-state index in [0.29, 0.717) is 5.76 Å². The lowest BCUT2D eigenvalue weighted by Crippen LogP contribution is -2.12. The molecule has 0 spiro atoms. The molecule has 1 aromatic heterocycles. The van der Waals surface area contributed by atoms with Gasteiger partial charge < -0.3 is 9.84 Å². The Hall–Kier alpha value is -2.24. The van der Waals surface area contributed by atoms with Crippen LogP contribution >= 0.6 is 0 Å². The van der Waals surface area contributed by atoms with E-state index in [4.69, 9.17) is 4.52 Å². The van der Waals surface area contributed by atoms with Crippen LogP contribution in [0.25, 0.3) is 0 Å². The smallest absolute Gasteiger partial charge is 0.260 e. The Morgan fingerprint density at radius 3 is 2.71 bits per heavy atom. The second-order valence-corrected chi connectivity index (χ2v) is 3.38. The first-order valence-corrected chi connectivity index (χ1v) is 4.75. The van der Waals surface area contributed by atoms with E-state index in [1.54, 1.807) is 6.92 Å². The van der Waals surface area contributed by atoms with Gasteiger partial charge in [-0.25, -0.2) is 8.78 Å². The van der Waals surface area contributed by atoms with Crippen LogP contribution in [0.2, 0.25) is 0 Å². The second-order valence-electron chi connectivity index (χ2n) is 3.38. The van der Waals surface area contributed by atoms with Gasteiger partial charge in [-0.05, 0) is 19.1 Å². The average Bonchev–Trinajstić information content (AvgIpc) is 2.70. The Morgan fingerprint density at radius 1 is 1.35 bits per heavy atom.